The van der Waals surface area contributed by atoms with Gasteiger partial charge in [-0.25, -0.2) is 0 Å². The fourth-order valence-corrected chi connectivity index (χ4v) is 2.67. The third kappa shape index (κ3) is 2.39. The lowest BCUT2D eigenvalue weighted by Gasteiger charge is -2.18. The Balaban J connectivity index is 2.29. The van der Waals surface area contributed by atoms with Crippen molar-refractivity contribution in [2.75, 3.05) is 11.9 Å². The number of anilines is 1. The molecule has 2 rings (SSSR count). The number of carbonyl (C=O) groups is 1. The second-order valence-corrected chi connectivity index (χ2v) is 5.11. The van der Waals surface area contributed by atoms with Gasteiger partial charge in [0, 0.05) is 18.0 Å². The Bertz CT molecular complexity index is 581. The highest BCUT2D eigenvalue weighted by Gasteiger charge is 2.62. The second-order valence-electron chi connectivity index (χ2n) is 4.05. The Hall–Kier alpha value is -1.57. The van der Waals surface area contributed by atoms with Gasteiger partial charge in [-0.2, -0.15) is 22.0 Å². The summed E-state index contributed by atoms with van der Waals surface area (Å²) in [6.45, 7) is 0. The summed E-state index contributed by atoms with van der Waals surface area (Å²) >= 11 is 0.965. The summed E-state index contributed by atoms with van der Waals surface area (Å²) in [5.74, 6) is -7.65. The highest BCUT2D eigenvalue weighted by Crippen LogP contribution is 2.45. The quantitative estimate of drug-likeness (QED) is 0.611. The number of nitrogens with zero attached hydrogens (tertiary/aromatic N) is 1. The minimum absolute atomic E-state index is 0.0279. The van der Waals surface area contributed by atoms with E-state index in [1.807, 2.05) is 0 Å². The molecule has 2 nitrogen and oxygen atoms in total. The van der Waals surface area contributed by atoms with Crippen molar-refractivity contribution < 1.29 is 26.7 Å². The zero-order chi connectivity index (χ0) is 15.1. The van der Waals surface area contributed by atoms with Gasteiger partial charge < -0.3 is 4.90 Å². The lowest BCUT2D eigenvalue weighted by atomic mass is 10.2. The van der Waals surface area contributed by atoms with Crippen molar-refractivity contribution in [2.24, 2.45) is 0 Å². The van der Waals surface area contributed by atoms with E-state index >= 15 is 0 Å². The van der Waals surface area contributed by atoms with Gasteiger partial charge in [0.15, 0.2) is 0 Å². The van der Waals surface area contributed by atoms with Crippen LogP contribution in [0.5, 0.6) is 0 Å². The van der Waals surface area contributed by atoms with Gasteiger partial charge in [-0.3, -0.25) is 4.79 Å². The Labute approximate surface area is 115 Å². The number of benzene rings is 1. The highest BCUT2D eigenvalue weighted by molar-refractivity contribution is 8.03. The van der Waals surface area contributed by atoms with Crippen molar-refractivity contribution in [3.05, 3.63) is 35.4 Å². The van der Waals surface area contributed by atoms with E-state index in [9.17, 15) is 26.7 Å². The SMILES string of the molecule is CN1C(=CC(=O)C(F)(F)C(F)(F)F)Sc2ccccc21. The predicted octanol–water partition coefficient (Wildman–Crippen LogP) is 3.84. The number of carbonyl (C=O) groups excluding carboxylic acids is 1. The maximum Gasteiger partial charge on any atom is 0.461 e. The number of thioether (sulfide) groups is 1. The molecule has 0 aromatic heterocycles. The molecule has 1 aliphatic heterocycles. The predicted molar refractivity (Wildman–Crippen MR) is 64.8 cm³/mol. The fourth-order valence-electron chi connectivity index (χ4n) is 1.59. The first-order chi connectivity index (χ1) is 9.14. The van der Waals surface area contributed by atoms with Gasteiger partial charge in [0.1, 0.15) is 0 Å². The van der Waals surface area contributed by atoms with Crippen molar-refractivity contribution in [3.63, 3.8) is 0 Å². The monoisotopic (exact) mass is 309 g/mol. The first-order valence-corrected chi connectivity index (χ1v) is 6.17. The molecule has 0 saturated carbocycles. The van der Waals surface area contributed by atoms with Crippen LogP contribution in [-0.2, 0) is 4.79 Å². The number of hydrogen-bond acceptors (Lipinski definition) is 3. The highest BCUT2D eigenvalue weighted by atomic mass is 32.2. The van der Waals surface area contributed by atoms with E-state index in [0.29, 0.717) is 16.7 Å². The minimum Gasteiger partial charge on any atom is -0.338 e. The number of fused-ring (bicyclic) bond motifs is 1. The summed E-state index contributed by atoms with van der Waals surface area (Å²) in [4.78, 5) is 13.3. The van der Waals surface area contributed by atoms with E-state index < -0.39 is 17.9 Å². The van der Waals surface area contributed by atoms with Crippen molar-refractivity contribution in [3.8, 4) is 0 Å². The maximum atomic E-state index is 12.9. The third-order valence-corrected chi connectivity index (χ3v) is 3.86. The van der Waals surface area contributed by atoms with Gasteiger partial charge in [0.25, 0.3) is 0 Å². The molecule has 1 aliphatic rings. The van der Waals surface area contributed by atoms with Gasteiger partial charge in [0.2, 0.25) is 5.78 Å². The first-order valence-electron chi connectivity index (χ1n) is 5.36. The number of halogens is 5. The van der Waals surface area contributed by atoms with Crippen molar-refractivity contribution in [1.82, 2.24) is 0 Å². The van der Waals surface area contributed by atoms with Crippen LogP contribution in [0.15, 0.2) is 40.3 Å². The summed E-state index contributed by atoms with van der Waals surface area (Å²) in [5, 5.41) is 0.0279. The molecule has 108 valence electrons. The number of alkyl halides is 5. The summed E-state index contributed by atoms with van der Waals surface area (Å²) in [5.41, 5.74) is 0.645. The van der Waals surface area contributed by atoms with Crippen LogP contribution in [0, 0.1) is 0 Å². The molecule has 0 N–H and O–H groups in total. The molecular weight excluding hydrogens is 301 g/mol. The van der Waals surface area contributed by atoms with Crippen molar-refractivity contribution >= 4 is 23.2 Å². The molecule has 0 saturated heterocycles. The van der Waals surface area contributed by atoms with Crippen LogP contribution in [0.2, 0.25) is 0 Å². The molecule has 0 atom stereocenters. The third-order valence-electron chi connectivity index (χ3n) is 2.69. The van der Waals surface area contributed by atoms with E-state index in [2.05, 4.69) is 0 Å². The standard InChI is InChI=1S/C12H8F5NOS/c1-18-7-4-2-3-5-8(7)20-10(18)6-9(19)11(13,14)12(15,16)17/h2-6H,1H3. The molecule has 0 unspecified atom stereocenters. The molecule has 20 heavy (non-hydrogen) atoms. The van der Waals surface area contributed by atoms with Crippen molar-refractivity contribution in [1.29, 1.82) is 0 Å². The molecule has 1 aromatic rings. The van der Waals surface area contributed by atoms with Crippen LogP contribution in [0.3, 0.4) is 0 Å². The van der Waals surface area contributed by atoms with Crippen LogP contribution < -0.4 is 4.90 Å². The zero-order valence-electron chi connectivity index (χ0n) is 10.0. The molecule has 8 heteroatoms. The molecule has 1 heterocycles. The van der Waals surface area contributed by atoms with Crippen LogP contribution in [-0.4, -0.2) is 24.9 Å². The number of rotatable bonds is 2. The maximum absolute atomic E-state index is 12.9. The average molecular weight is 309 g/mol. The summed E-state index contributed by atoms with van der Waals surface area (Å²) < 4.78 is 62.1. The van der Waals surface area contributed by atoms with E-state index in [4.69, 9.17) is 0 Å². The molecule has 0 bridgehead atoms. The molecule has 0 fully saturated rings. The smallest absolute Gasteiger partial charge is 0.338 e. The first kappa shape index (κ1) is 14.8. The number of para-hydroxylation sites is 1. The van der Waals surface area contributed by atoms with Crippen molar-refractivity contribution in [2.45, 2.75) is 17.0 Å². The van der Waals surface area contributed by atoms with Gasteiger partial charge in [-0.1, -0.05) is 23.9 Å². The lowest BCUT2D eigenvalue weighted by molar-refractivity contribution is -0.266. The Morgan fingerprint density at radius 2 is 1.80 bits per heavy atom. The molecule has 0 radical (unpaired) electrons. The molecule has 1 aromatic carbocycles. The van der Waals surface area contributed by atoms with Gasteiger partial charge in [-0.05, 0) is 12.1 Å². The second kappa shape index (κ2) is 4.76. The summed E-state index contributed by atoms with van der Waals surface area (Å²) in [6.07, 6.45) is -5.56. The van der Waals surface area contributed by atoms with Crippen LogP contribution in [0.25, 0.3) is 0 Å². The minimum atomic E-state index is -5.89. The largest absolute Gasteiger partial charge is 0.461 e. The molecule has 0 amide bonds. The van der Waals surface area contributed by atoms with E-state index in [-0.39, 0.29) is 5.03 Å². The van der Waals surface area contributed by atoms with E-state index in [0.717, 1.165) is 11.8 Å². The summed E-state index contributed by atoms with van der Waals surface area (Å²) in [7, 11) is 1.49. The number of hydrogen-bond donors (Lipinski definition) is 0. The van der Waals surface area contributed by atoms with Crippen LogP contribution in [0.4, 0.5) is 27.6 Å². The molecule has 0 spiro atoms. The molecular formula is C12H8F5NOS. The van der Waals surface area contributed by atoms with Gasteiger partial charge in [-0.15, -0.1) is 0 Å². The van der Waals surface area contributed by atoms with Gasteiger partial charge >= 0.3 is 12.1 Å². The topological polar surface area (TPSA) is 20.3 Å². The zero-order valence-corrected chi connectivity index (χ0v) is 10.9. The van der Waals surface area contributed by atoms with Gasteiger partial charge in [0.05, 0.1) is 10.7 Å². The van der Waals surface area contributed by atoms with E-state index in [1.54, 1.807) is 24.3 Å². The molecule has 0 aliphatic carbocycles. The summed E-state index contributed by atoms with van der Waals surface area (Å²) in [6, 6.07) is 6.76. The lowest BCUT2D eigenvalue weighted by Crippen LogP contribution is -2.43. The Kier molecular flexibility index (Phi) is 3.53. The van der Waals surface area contributed by atoms with Crippen LogP contribution >= 0.6 is 11.8 Å². The Morgan fingerprint density at radius 3 is 2.35 bits per heavy atom. The van der Waals surface area contributed by atoms with Crippen LogP contribution in [0.1, 0.15) is 0 Å². The average Bonchev–Trinajstić information content (AvgIpc) is 2.65. The normalized spacial score (nSPS) is 17.5. The van der Waals surface area contributed by atoms with E-state index in [1.165, 1.54) is 11.9 Å². The Morgan fingerprint density at radius 1 is 1.20 bits per heavy atom. The fraction of sp³-hybridized carbons (Fsp3) is 0.250. The number of allylic oxidation sites excluding steroid dienone is 1. The number of ketones is 1.